The molecule has 0 aromatic rings. The molecule has 1 atom stereocenters. The van der Waals surface area contributed by atoms with Crippen LogP contribution in [0.4, 0.5) is 0 Å². The normalized spacial score (nSPS) is 22.9. The van der Waals surface area contributed by atoms with Crippen molar-refractivity contribution in [2.75, 3.05) is 7.05 Å². The highest BCUT2D eigenvalue weighted by Gasteiger charge is 2.25. The molecule has 0 bridgehead atoms. The van der Waals surface area contributed by atoms with E-state index in [-0.39, 0.29) is 0 Å². The van der Waals surface area contributed by atoms with Crippen molar-refractivity contribution < 1.29 is 0 Å². The van der Waals surface area contributed by atoms with E-state index in [9.17, 15) is 0 Å². The van der Waals surface area contributed by atoms with Gasteiger partial charge in [-0.05, 0) is 20.3 Å². The molecule has 70 valence electrons. The van der Waals surface area contributed by atoms with Crippen LogP contribution in [0.15, 0.2) is 5.10 Å². The van der Waals surface area contributed by atoms with E-state index in [4.69, 9.17) is 0 Å². The summed E-state index contributed by atoms with van der Waals surface area (Å²) >= 11 is 0. The Balaban J connectivity index is 2.56. The summed E-state index contributed by atoms with van der Waals surface area (Å²) in [5.41, 5.74) is 0. The molecule has 0 fully saturated rings. The summed E-state index contributed by atoms with van der Waals surface area (Å²) in [5, 5.41) is 6.32. The molecule has 1 rings (SSSR count). The van der Waals surface area contributed by atoms with Gasteiger partial charge in [-0.2, -0.15) is 5.10 Å². The lowest BCUT2D eigenvalue weighted by molar-refractivity contribution is 0.129. The van der Waals surface area contributed by atoms with Crippen LogP contribution in [0.1, 0.15) is 33.6 Å². The number of hydrogen-bond donors (Lipinski definition) is 0. The Morgan fingerprint density at radius 3 is 2.67 bits per heavy atom. The molecular formula is C9H19N3. The van der Waals surface area contributed by atoms with Crippen LogP contribution in [0, 0.1) is 0 Å². The molecule has 0 N–H and O–H groups in total. The maximum atomic E-state index is 4.27. The minimum Gasteiger partial charge on any atom is -0.337 e. The highest BCUT2D eigenvalue weighted by atomic mass is 15.6. The Morgan fingerprint density at radius 1 is 1.50 bits per heavy atom. The van der Waals surface area contributed by atoms with Gasteiger partial charge in [0.1, 0.15) is 12.5 Å². The maximum absolute atomic E-state index is 4.27. The summed E-state index contributed by atoms with van der Waals surface area (Å²) < 4.78 is 0. The first-order valence-corrected chi connectivity index (χ1v) is 4.71. The molecule has 0 aromatic carbocycles. The van der Waals surface area contributed by atoms with Crippen molar-refractivity contribution in [3.63, 3.8) is 0 Å². The predicted octanol–water partition coefficient (Wildman–Crippen LogP) is 1.71. The van der Waals surface area contributed by atoms with Crippen molar-refractivity contribution >= 4 is 6.34 Å². The third kappa shape index (κ3) is 1.71. The summed E-state index contributed by atoms with van der Waals surface area (Å²) in [6.07, 6.45) is 4.83. The van der Waals surface area contributed by atoms with E-state index >= 15 is 0 Å². The first kappa shape index (κ1) is 9.36. The zero-order valence-electron chi connectivity index (χ0n) is 8.49. The van der Waals surface area contributed by atoms with E-state index in [1.54, 1.807) is 0 Å². The molecular weight excluding hydrogens is 150 g/mol. The molecule has 0 saturated heterocycles. The topological polar surface area (TPSA) is 18.8 Å². The average Bonchev–Trinajstić information content (AvgIpc) is 2.34. The van der Waals surface area contributed by atoms with Gasteiger partial charge in [-0.15, -0.1) is 0 Å². The molecule has 0 aromatic heterocycles. The maximum Gasteiger partial charge on any atom is 0.119 e. The van der Waals surface area contributed by atoms with Crippen molar-refractivity contribution in [3.05, 3.63) is 0 Å². The third-order valence-corrected chi connectivity index (χ3v) is 2.29. The minimum absolute atomic E-state index is 0.481. The van der Waals surface area contributed by atoms with Gasteiger partial charge in [0.05, 0.1) is 0 Å². The van der Waals surface area contributed by atoms with Gasteiger partial charge in [0.2, 0.25) is 0 Å². The largest absolute Gasteiger partial charge is 0.337 e. The van der Waals surface area contributed by atoms with Crippen molar-refractivity contribution in [1.82, 2.24) is 9.91 Å². The van der Waals surface area contributed by atoms with Crippen LogP contribution in [0.25, 0.3) is 0 Å². The number of nitrogens with zero attached hydrogens (tertiary/aromatic N) is 3. The van der Waals surface area contributed by atoms with Gasteiger partial charge in [-0.1, -0.05) is 13.3 Å². The van der Waals surface area contributed by atoms with E-state index in [0.29, 0.717) is 12.2 Å². The summed E-state index contributed by atoms with van der Waals surface area (Å²) in [6.45, 7) is 6.62. The smallest absolute Gasteiger partial charge is 0.119 e. The zero-order chi connectivity index (χ0) is 9.14. The Hall–Kier alpha value is -0.730. The van der Waals surface area contributed by atoms with Gasteiger partial charge in [-0.3, -0.25) is 5.01 Å². The van der Waals surface area contributed by atoms with Crippen LogP contribution in [-0.2, 0) is 0 Å². The van der Waals surface area contributed by atoms with Gasteiger partial charge < -0.3 is 4.90 Å². The molecule has 3 nitrogen and oxygen atoms in total. The third-order valence-electron chi connectivity index (χ3n) is 2.29. The first-order valence-electron chi connectivity index (χ1n) is 4.71. The number of hydrogen-bond acceptors (Lipinski definition) is 3. The van der Waals surface area contributed by atoms with Crippen LogP contribution in [0.2, 0.25) is 0 Å². The molecule has 0 aliphatic carbocycles. The summed E-state index contributed by atoms with van der Waals surface area (Å²) in [5.74, 6) is 0. The summed E-state index contributed by atoms with van der Waals surface area (Å²) in [7, 11) is 2.04. The van der Waals surface area contributed by atoms with Crippen LogP contribution in [0.5, 0.6) is 0 Å². The lowest BCUT2D eigenvalue weighted by Gasteiger charge is -2.30. The second-order valence-electron chi connectivity index (χ2n) is 3.61. The van der Waals surface area contributed by atoms with Crippen molar-refractivity contribution in [2.45, 2.75) is 45.8 Å². The number of rotatable bonds is 3. The van der Waals surface area contributed by atoms with Gasteiger partial charge in [0, 0.05) is 13.1 Å². The molecule has 0 amide bonds. The predicted molar refractivity (Wildman–Crippen MR) is 51.9 cm³/mol. The van der Waals surface area contributed by atoms with Crippen LogP contribution in [-0.4, -0.2) is 35.5 Å². The fourth-order valence-electron chi connectivity index (χ4n) is 1.56. The van der Waals surface area contributed by atoms with Crippen molar-refractivity contribution in [2.24, 2.45) is 5.10 Å². The molecule has 0 spiro atoms. The van der Waals surface area contributed by atoms with E-state index in [0.717, 1.165) is 0 Å². The lowest BCUT2D eigenvalue weighted by atomic mass is 10.2. The minimum atomic E-state index is 0.481. The quantitative estimate of drug-likeness (QED) is 0.640. The SMILES string of the molecule is CCCC1N(C)N=CN1C(C)C. The molecule has 1 heterocycles. The van der Waals surface area contributed by atoms with Crippen molar-refractivity contribution in [3.8, 4) is 0 Å². The van der Waals surface area contributed by atoms with Gasteiger partial charge >= 0.3 is 0 Å². The first-order chi connectivity index (χ1) is 5.66. The highest BCUT2D eigenvalue weighted by molar-refractivity contribution is 5.57. The summed E-state index contributed by atoms with van der Waals surface area (Å²) in [6, 6.07) is 0.551. The molecule has 12 heavy (non-hydrogen) atoms. The Morgan fingerprint density at radius 2 is 2.17 bits per heavy atom. The summed E-state index contributed by atoms with van der Waals surface area (Å²) in [4.78, 5) is 2.31. The van der Waals surface area contributed by atoms with E-state index in [1.165, 1.54) is 12.8 Å². The van der Waals surface area contributed by atoms with Crippen LogP contribution < -0.4 is 0 Å². The fraction of sp³-hybridized carbons (Fsp3) is 0.889. The second kappa shape index (κ2) is 3.78. The molecule has 1 unspecified atom stereocenters. The average molecular weight is 169 g/mol. The van der Waals surface area contributed by atoms with Crippen LogP contribution in [0.3, 0.4) is 0 Å². The molecule has 1 aliphatic rings. The van der Waals surface area contributed by atoms with E-state index < -0.39 is 0 Å². The van der Waals surface area contributed by atoms with Gasteiger partial charge in [-0.25, -0.2) is 0 Å². The number of hydrazone groups is 1. The van der Waals surface area contributed by atoms with Crippen molar-refractivity contribution in [1.29, 1.82) is 0 Å². The second-order valence-corrected chi connectivity index (χ2v) is 3.61. The lowest BCUT2D eigenvalue weighted by Crippen LogP contribution is -2.41. The Labute approximate surface area is 75.0 Å². The standard InChI is InChI=1S/C9H19N3/c1-5-6-9-11(4)10-7-12(9)8(2)3/h7-9H,5-6H2,1-4H3. The molecule has 0 radical (unpaired) electrons. The fourth-order valence-corrected chi connectivity index (χ4v) is 1.56. The van der Waals surface area contributed by atoms with Gasteiger partial charge in [0.15, 0.2) is 0 Å². The monoisotopic (exact) mass is 169 g/mol. The van der Waals surface area contributed by atoms with E-state index in [1.807, 2.05) is 18.4 Å². The molecule has 3 heteroatoms. The Kier molecular flexibility index (Phi) is 2.95. The Bertz CT molecular complexity index is 165. The highest BCUT2D eigenvalue weighted by Crippen LogP contribution is 2.17. The molecule has 0 saturated carbocycles. The molecule has 1 aliphatic heterocycles. The van der Waals surface area contributed by atoms with E-state index in [2.05, 4.69) is 30.8 Å². The van der Waals surface area contributed by atoms with Crippen LogP contribution >= 0.6 is 0 Å². The van der Waals surface area contributed by atoms with Gasteiger partial charge in [0.25, 0.3) is 0 Å². The zero-order valence-corrected chi connectivity index (χ0v) is 8.49.